The van der Waals surface area contributed by atoms with Gasteiger partial charge in [-0.15, -0.1) is 0 Å². The fourth-order valence-corrected chi connectivity index (χ4v) is 2.67. The topological polar surface area (TPSA) is 93.0 Å². The van der Waals surface area contributed by atoms with E-state index >= 15 is 0 Å². The Morgan fingerprint density at radius 3 is 2.48 bits per heavy atom. The van der Waals surface area contributed by atoms with Gasteiger partial charge in [0.25, 0.3) is 5.69 Å². The first-order chi connectivity index (χ1) is 12.9. The second-order valence-electron chi connectivity index (χ2n) is 6.17. The minimum atomic E-state index is -0.467. The maximum Gasteiger partial charge on any atom is 0.292 e. The molecule has 8 heteroatoms. The van der Waals surface area contributed by atoms with Crippen LogP contribution in [0.5, 0.6) is 0 Å². The molecule has 7 nitrogen and oxygen atoms in total. The largest absolute Gasteiger partial charge is 0.352 e. The molecule has 1 heterocycles. The van der Waals surface area contributed by atoms with E-state index in [-0.39, 0.29) is 17.4 Å². The van der Waals surface area contributed by atoms with Crippen LogP contribution in [0.3, 0.4) is 0 Å². The molecule has 2 N–H and O–H groups in total. The number of anilines is 3. The zero-order valence-corrected chi connectivity index (χ0v) is 15.6. The van der Waals surface area contributed by atoms with Crippen molar-refractivity contribution in [3.05, 3.63) is 69.7 Å². The molecule has 0 saturated heterocycles. The van der Waals surface area contributed by atoms with Crippen LogP contribution >= 0.6 is 11.6 Å². The van der Waals surface area contributed by atoms with Crippen LogP contribution in [-0.2, 0) is 0 Å². The summed E-state index contributed by atoms with van der Waals surface area (Å²) in [5.74, 6) is 0.857. The van der Waals surface area contributed by atoms with E-state index in [1.807, 2.05) is 44.2 Å². The van der Waals surface area contributed by atoms with Crippen LogP contribution in [0.2, 0.25) is 5.02 Å². The van der Waals surface area contributed by atoms with E-state index in [0.29, 0.717) is 22.5 Å². The Morgan fingerprint density at radius 2 is 1.81 bits per heavy atom. The molecule has 0 saturated carbocycles. The first-order valence-electron chi connectivity index (χ1n) is 8.34. The lowest BCUT2D eigenvalue weighted by Gasteiger charge is -2.13. The molecular weight excluding hydrogens is 366 g/mol. The van der Waals surface area contributed by atoms with Crippen LogP contribution in [0.15, 0.2) is 54.6 Å². The molecule has 3 rings (SSSR count). The van der Waals surface area contributed by atoms with Gasteiger partial charge in [-0.05, 0) is 26.0 Å². The summed E-state index contributed by atoms with van der Waals surface area (Å²) in [6.07, 6.45) is 0. The van der Waals surface area contributed by atoms with E-state index in [2.05, 4.69) is 20.6 Å². The van der Waals surface area contributed by atoms with Crippen molar-refractivity contribution in [3.63, 3.8) is 0 Å². The van der Waals surface area contributed by atoms with Crippen LogP contribution in [0.25, 0.3) is 11.3 Å². The smallest absolute Gasteiger partial charge is 0.292 e. The monoisotopic (exact) mass is 383 g/mol. The third-order valence-corrected chi connectivity index (χ3v) is 3.87. The summed E-state index contributed by atoms with van der Waals surface area (Å²) in [5.41, 5.74) is 1.79. The summed E-state index contributed by atoms with van der Waals surface area (Å²) in [4.78, 5) is 19.8. The summed E-state index contributed by atoms with van der Waals surface area (Å²) in [6, 6.07) is 15.8. The number of hydrogen-bond acceptors (Lipinski definition) is 6. The fraction of sp³-hybridized carbons (Fsp3) is 0.158. The Kier molecular flexibility index (Phi) is 5.52. The molecule has 0 atom stereocenters. The number of benzene rings is 2. The molecule has 3 aromatic rings. The highest BCUT2D eigenvalue weighted by molar-refractivity contribution is 6.31. The van der Waals surface area contributed by atoms with Gasteiger partial charge in [-0.1, -0.05) is 41.9 Å². The minimum absolute atomic E-state index is 0.0855. The molecule has 0 spiro atoms. The van der Waals surface area contributed by atoms with Crippen LogP contribution in [-0.4, -0.2) is 20.9 Å². The molecule has 0 aliphatic rings. The molecule has 0 unspecified atom stereocenters. The van der Waals surface area contributed by atoms with Crippen molar-refractivity contribution >= 4 is 34.7 Å². The maximum atomic E-state index is 11.3. The van der Waals surface area contributed by atoms with Crippen molar-refractivity contribution < 1.29 is 4.92 Å². The Hall–Kier alpha value is -3.19. The van der Waals surface area contributed by atoms with Gasteiger partial charge in [0.15, 0.2) is 0 Å². The Bertz CT molecular complexity index is 964. The van der Waals surface area contributed by atoms with Crippen LogP contribution in [0.4, 0.5) is 23.1 Å². The molecule has 27 heavy (non-hydrogen) atoms. The maximum absolute atomic E-state index is 11.3. The van der Waals surface area contributed by atoms with E-state index in [0.717, 1.165) is 5.56 Å². The number of nitrogens with zero attached hydrogens (tertiary/aromatic N) is 3. The quantitative estimate of drug-likeness (QED) is 0.445. The lowest BCUT2D eigenvalue weighted by Crippen LogP contribution is -2.13. The number of nitro groups is 1. The molecular formula is C19H18ClN5O2. The van der Waals surface area contributed by atoms with Crippen molar-refractivity contribution in [2.24, 2.45) is 0 Å². The minimum Gasteiger partial charge on any atom is -0.352 e. The molecule has 1 aromatic heterocycles. The molecule has 0 aliphatic heterocycles. The number of aromatic nitrogens is 2. The highest BCUT2D eigenvalue weighted by Gasteiger charge is 2.16. The Balaban J connectivity index is 2.05. The van der Waals surface area contributed by atoms with Gasteiger partial charge >= 0.3 is 0 Å². The van der Waals surface area contributed by atoms with Gasteiger partial charge < -0.3 is 10.6 Å². The van der Waals surface area contributed by atoms with E-state index in [4.69, 9.17) is 11.6 Å². The van der Waals surface area contributed by atoms with Crippen LogP contribution < -0.4 is 10.6 Å². The van der Waals surface area contributed by atoms with Crippen molar-refractivity contribution in [2.45, 2.75) is 19.9 Å². The second-order valence-corrected chi connectivity index (χ2v) is 6.61. The van der Waals surface area contributed by atoms with Crippen molar-refractivity contribution in [3.8, 4) is 11.3 Å². The third-order valence-electron chi connectivity index (χ3n) is 3.63. The Labute approximate surface area is 161 Å². The third kappa shape index (κ3) is 4.71. The van der Waals surface area contributed by atoms with Crippen molar-refractivity contribution in [1.82, 2.24) is 9.97 Å². The predicted molar refractivity (Wildman–Crippen MR) is 108 cm³/mol. The van der Waals surface area contributed by atoms with E-state index in [9.17, 15) is 10.1 Å². The number of halogens is 1. The highest BCUT2D eigenvalue weighted by atomic mass is 35.5. The first kappa shape index (κ1) is 18.6. The zero-order valence-electron chi connectivity index (χ0n) is 14.8. The SMILES string of the molecule is CC(C)Nc1nc(Nc2cc(Cl)ccc2[N+](=O)[O-])cc(-c2ccccc2)n1. The molecule has 0 radical (unpaired) electrons. The number of hydrogen-bond donors (Lipinski definition) is 2. The average Bonchev–Trinajstić information content (AvgIpc) is 2.61. The van der Waals surface area contributed by atoms with Crippen LogP contribution in [0, 0.1) is 10.1 Å². The van der Waals surface area contributed by atoms with Gasteiger partial charge in [0.2, 0.25) is 5.95 Å². The first-order valence-corrected chi connectivity index (χ1v) is 8.72. The van der Waals surface area contributed by atoms with Crippen molar-refractivity contribution in [1.29, 1.82) is 0 Å². The predicted octanol–water partition coefficient (Wildman–Crippen LogP) is 5.27. The lowest BCUT2D eigenvalue weighted by atomic mass is 10.1. The van der Waals surface area contributed by atoms with Crippen molar-refractivity contribution in [2.75, 3.05) is 10.6 Å². The molecule has 138 valence electrons. The number of nitro benzene ring substituents is 1. The summed E-state index contributed by atoms with van der Waals surface area (Å²) in [7, 11) is 0. The summed E-state index contributed by atoms with van der Waals surface area (Å²) in [6.45, 7) is 3.96. The average molecular weight is 384 g/mol. The van der Waals surface area contributed by atoms with Gasteiger partial charge in [0.05, 0.1) is 10.6 Å². The normalized spacial score (nSPS) is 10.7. The number of rotatable bonds is 6. The number of nitrogens with one attached hydrogen (secondary N) is 2. The molecule has 0 aliphatic carbocycles. The van der Waals surface area contributed by atoms with Gasteiger partial charge in [-0.25, -0.2) is 4.98 Å². The van der Waals surface area contributed by atoms with E-state index in [1.54, 1.807) is 6.07 Å². The summed E-state index contributed by atoms with van der Waals surface area (Å²) in [5, 5.41) is 17.9. The molecule has 2 aromatic carbocycles. The van der Waals surface area contributed by atoms with E-state index in [1.165, 1.54) is 18.2 Å². The Morgan fingerprint density at radius 1 is 1.07 bits per heavy atom. The standard InChI is InChI=1S/C19H18ClN5O2/c1-12(2)21-19-23-15(13-6-4-3-5-7-13)11-18(24-19)22-16-10-14(20)8-9-17(16)25(26)27/h3-12H,1-2H3,(H2,21,22,23,24). The fourth-order valence-electron chi connectivity index (χ4n) is 2.50. The second kappa shape index (κ2) is 8.01. The highest BCUT2D eigenvalue weighted by Crippen LogP contribution is 2.31. The molecule has 0 bridgehead atoms. The van der Waals surface area contributed by atoms with Gasteiger partial charge in [-0.2, -0.15) is 4.98 Å². The lowest BCUT2D eigenvalue weighted by molar-refractivity contribution is -0.383. The van der Waals surface area contributed by atoms with Gasteiger partial charge in [0.1, 0.15) is 11.5 Å². The van der Waals surface area contributed by atoms with Gasteiger partial charge in [-0.3, -0.25) is 10.1 Å². The zero-order chi connectivity index (χ0) is 19.4. The van der Waals surface area contributed by atoms with Gasteiger partial charge in [0, 0.05) is 28.8 Å². The summed E-state index contributed by atoms with van der Waals surface area (Å²) < 4.78 is 0. The summed E-state index contributed by atoms with van der Waals surface area (Å²) >= 11 is 6.01. The van der Waals surface area contributed by atoms with Crippen LogP contribution in [0.1, 0.15) is 13.8 Å². The molecule has 0 amide bonds. The molecule has 0 fully saturated rings. The van der Waals surface area contributed by atoms with E-state index < -0.39 is 4.92 Å².